The van der Waals surface area contributed by atoms with Gasteiger partial charge in [-0.25, -0.2) is 0 Å². The Morgan fingerprint density at radius 1 is 1.27 bits per heavy atom. The molecule has 2 aromatic rings. The minimum atomic E-state index is 0.961. The number of rotatable bonds is 4. The molecule has 0 N–H and O–H groups in total. The van der Waals surface area contributed by atoms with Crippen LogP contribution in [0.15, 0.2) is 30.5 Å². The van der Waals surface area contributed by atoms with Gasteiger partial charge in [0.05, 0.1) is 12.6 Å². The molecule has 80 valence electrons. The van der Waals surface area contributed by atoms with E-state index in [0.717, 1.165) is 12.3 Å². The molecule has 0 radical (unpaired) electrons. The van der Waals surface area contributed by atoms with E-state index >= 15 is 0 Å². The predicted molar refractivity (Wildman–Crippen MR) is 63.4 cm³/mol. The molecule has 0 atom stereocenters. The van der Waals surface area contributed by atoms with Crippen LogP contribution in [-0.4, -0.2) is 11.7 Å². The first kappa shape index (κ1) is 10.1. The van der Waals surface area contributed by atoms with E-state index in [0.29, 0.717) is 0 Å². The number of ether oxygens (including phenoxy) is 1. The molecule has 15 heavy (non-hydrogen) atoms. The van der Waals surface area contributed by atoms with E-state index in [9.17, 15) is 0 Å². The van der Waals surface area contributed by atoms with Crippen LogP contribution >= 0.6 is 0 Å². The highest BCUT2D eigenvalue weighted by Crippen LogP contribution is 2.26. The van der Waals surface area contributed by atoms with Crippen molar-refractivity contribution in [3.05, 3.63) is 30.5 Å². The molecule has 1 heterocycles. The molecule has 0 unspecified atom stereocenters. The highest BCUT2D eigenvalue weighted by atomic mass is 16.5. The zero-order valence-corrected chi connectivity index (χ0v) is 9.36. The molecular weight excluding hydrogens is 186 g/mol. The quantitative estimate of drug-likeness (QED) is 0.742. The number of benzene rings is 1. The lowest BCUT2D eigenvalue weighted by atomic mass is 10.2. The molecule has 2 rings (SSSR count). The Labute approximate surface area is 90.5 Å². The fraction of sp³-hybridized carbons (Fsp3) is 0.385. The first-order valence-corrected chi connectivity index (χ1v) is 5.48. The molecule has 0 fully saturated rings. The first-order valence-electron chi connectivity index (χ1n) is 5.48. The molecule has 2 nitrogen and oxygen atoms in total. The second kappa shape index (κ2) is 4.39. The van der Waals surface area contributed by atoms with Gasteiger partial charge in [0.25, 0.3) is 0 Å². The summed E-state index contributed by atoms with van der Waals surface area (Å²) in [6.45, 7) is 3.31. The number of aryl methyl sites for hydroxylation is 1. The zero-order chi connectivity index (χ0) is 10.7. The number of methoxy groups -OCH3 is 1. The molecule has 2 heteroatoms. The average Bonchev–Trinajstić information content (AvgIpc) is 2.69. The van der Waals surface area contributed by atoms with E-state index in [2.05, 4.69) is 29.8 Å². The zero-order valence-electron chi connectivity index (χ0n) is 9.36. The van der Waals surface area contributed by atoms with E-state index in [1.54, 1.807) is 7.11 Å². The standard InChI is InChI=1S/C13H17NO/c1-3-4-9-14-10-8-11-12(14)6-5-7-13(11)15-2/h5-8,10H,3-4,9H2,1-2H3. The van der Waals surface area contributed by atoms with Crippen molar-refractivity contribution in [3.63, 3.8) is 0 Å². The summed E-state index contributed by atoms with van der Waals surface area (Å²) in [5.74, 6) is 0.961. The highest BCUT2D eigenvalue weighted by Gasteiger charge is 2.04. The van der Waals surface area contributed by atoms with Crippen LogP contribution < -0.4 is 4.74 Å². The summed E-state index contributed by atoms with van der Waals surface area (Å²) in [6.07, 6.45) is 4.59. The van der Waals surface area contributed by atoms with Gasteiger partial charge in [0.15, 0.2) is 0 Å². The third-order valence-corrected chi connectivity index (χ3v) is 2.75. The second-order valence-electron chi connectivity index (χ2n) is 3.76. The van der Waals surface area contributed by atoms with Gasteiger partial charge in [0.1, 0.15) is 5.75 Å². The van der Waals surface area contributed by atoms with Gasteiger partial charge in [-0.15, -0.1) is 0 Å². The van der Waals surface area contributed by atoms with Crippen molar-refractivity contribution >= 4 is 10.9 Å². The lowest BCUT2D eigenvalue weighted by Crippen LogP contribution is -1.95. The Morgan fingerprint density at radius 3 is 2.87 bits per heavy atom. The minimum Gasteiger partial charge on any atom is -0.496 e. The molecule has 0 saturated carbocycles. The third kappa shape index (κ3) is 1.84. The van der Waals surface area contributed by atoms with Crippen LogP contribution in [0.2, 0.25) is 0 Å². The van der Waals surface area contributed by atoms with Crippen molar-refractivity contribution in [1.82, 2.24) is 4.57 Å². The largest absolute Gasteiger partial charge is 0.496 e. The summed E-state index contributed by atoms with van der Waals surface area (Å²) in [7, 11) is 1.72. The van der Waals surface area contributed by atoms with Gasteiger partial charge in [0.2, 0.25) is 0 Å². The fourth-order valence-corrected chi connectivity index (χ4v) is 1.90. The van der Waals surface area contributed by atoms with Crippen LogP contribution in [0, 0.1) is 0 Å². The topological polar surface area (TPSA) is 14.2 Å². The van der Waals surface area contributed by atoms with Crippen LogP contribution in [-0.2, 0) is 6.54 Å². The molecule has 0 aliphatic heterocycles. The molecule has 0 amide bonds. The molecule has 0 aliphatic rings. The van der Waals surface area contributed by atoms with Crippen LogP contribution in [0.3, 0.4) is 0 Å². The van der Waals surface area contributed by atoms with Crippen LogP contribution in [0.25, 0.3) is 10.9 Å². The Hall–Kier alpha value is -1.44. The number of nitrogens with zero attached hydrogens (tertiary/aromatic N) is 1. The van der Waals surface area contributed by atoms with Crippen molar-refractivity contribution in [1.29, 1.82) is 0 Å². The van der Waals surface area contributed by atoms with Crippen molar-refractivity contribution in [2.75, 3.05) is 7.11 Å². The van der Waals surface area contributed by atoms with Gasteiger partial charge in [-0.05, 0) is 24.6 Å². The number of aromatic nitrogens is 1. The SMILES string of the molecule is CCCCn1ccc2c(OC)cccc21. The van der Waals surface area contributed by atoms with E-state index in [1.807, 2.05) is 12.1 Å². The third-order valence-electron chi connectivity index (χ3n) is 2.75. The Bertz CT molecular complexity index is 445. The number of hydrogen-bond donors (Lipinski definition) is 0. The minimum absolute atomic E-state index is 0.961. The van der Waals surface area contributed by atoms with Gasteiger partial charge in [-0.1, -0.05) is 19.4 Å². The van der Waals surface area contributed by atoms with E-state index in [-0.39, 0.29) is 0 Å². The Balaban J connectivity index is 2.42. The first-order chi connectivity index (χ1) is 7.36. The monoisotopic (exact) mass is 203 g/mol. The summed E-state index contributed by atoms with van der Waals surface area (Å²) in [4.78, 5) is 0. The lowest BCUT2D eigenvalue weighted by molar-refractivity contribution is 0.420. The molecule has 0 bridgehead atoms. The van der Waals surface area contributed by atoms with Gasteiger partial charge in [0, 0.05) is 18.1 Å². The lowest BCUT2D eigenvalue weighted by Gasteiger charge is -2.05. The predicted octanol–water partition coefficient (Wildman–Crippen LogP) is 3.45. The maximum atomic E-state index is 5.33. The maximum Gasteiger partial charge on any atom is 0.128 e. The molecule has 0 saturated heterocycles. The van der Waals surface area contributed by atoms with Gasteiger partial charge in [-0.2, -0.15) is 0 Å². The average molecular weight is 203 g/mol. The van der Waals surface area contributed by atoms with Gasteiger partial charge < -0.3 is 9.30 Å². The van der Waals surface area contributed by atoms with Crippen LogP contribution in [0.1, 0.15) is 19.8 Å². The van der Waals surface area contributed by atoms with Gasteiger partial charge in [-0.3, -0.25) is 0 Å². The smallest absolute Gasteiger partial charge is 0.128 e. The highest BCUT2D eigenvalue weighted by molar-refractivity contribution is 5.86. The molecule has 0 spiro atoms. The van der Waals surface area contributed by atoms with Crippen LogP contribution in [0.4, 0.5) is 0 Å². The van der Waals surface area contributed by atoms with Crippen molar-refractivity contribution in [2.24, 2.45) is 0 Å². The molecule has 0 aliphatic carbocycles. The maximum absolute atomic E-state index is 5.33. The normalized spacial score (nSPS) is 10.8. The summed E-state index contributed by atoms with van der Waals surface area (Å²) in [6, 6.07) is 8.33. The molecular formula is C13H17NO. The molecule has 1 aromatic heterocycles. The van der Waals surface area contributed by atoms with Crippen molar-refractivity contribution < 1.29 is 4.74 Å². The second-order valence-corrected chi connectivity index (χ2v) is 3.76. The van der Waals surface area contributed by atoms with E-state index in [4.69, 9.17) is 4.74 Å². The van der Waals surface area contributed by atoms with E-state index < -0.39 is 0 Å². The Kier molecular flexibility index (Phi) is 2.95. The number of hydrogen-bond acceptors (Lipinski definition) is 1. The number of unbranched alkanes of at least 4 members (excludes halogenated alkanes) is 1. The summed E-state index contributed by atoms with van der Waals surface area (Å²) < 4.78 is 7.62. The van der Waals surface area contributed by atoms with Crippen LogP contribution in [0.5, 0.6) is 5.75 Å². The fourth-order valence-electron chi connectivity index (χ4n) is 1.90. The summed E-state index contributed by atoms with van der Waals surface area (Å²) >= 11 is 0. The summed E-state index contributed by atoms with van der Waals surface area (Å²) in [5, 5.41) is 1.20. The molecule has 1 aromatic carbocycles. The van der Waals surface area contributed by atoms with Crippen molar-refractivity contribution in [2.45, 2.75) is 26.3 Å². The van der Waals surface area contributed by atoms with E-state index in [1.165, 1.54) is 23.7 Å². The van der Waals surface area contributed by atoms with Crippen molar-refractivity contribution in [3.8, 4) is 5.75 Å². The van der Waals surface area contributed by atoms with Gasteiger partial charge >= 0.3 is 0 Å². The Morgan fingerprint density at radius 2 is 2.13 bits per heavy atom. The summed E-state index contributed by atoms with van der Waals surface area (Å²) in [5.41, 5.74) is 1.27. The number of fused-ring (bicyclic) bond motifs is 1.